The lowest BCUT2D eigenvalue weighted by molar-refractivity contribution is 0.308. The van der Waals surface area contributed by atoms with Crippen molar-refractivity contribution in [1.82, 2.24) is 0 Å². The maximum Gasteiger partial charge on any atom is 0.167 e. The molecule has 0 bridgehead atoms. The minimum absolute atomic E-state index is 0.501. The van der Waals surface area contributed by atoms with Crippen LogP contribution in [0.5, 0.6) is 0 Å². The molecule has 2 aromatic carbocycles. The maximum absolute atomic E-state index is 14.8. The van der Waals surface area contributed by atoms with E-state index in [0.717, 1.165) is 29.9 Å². The summed E-state index contributed by atoms with van der Waals surface area (Å²) in [4.78, 5) is 0. The molecule has 0 amide bonds. The van der Waals surface area contributed by atoms with Gasteiger partial charge in [-0.15, -0.1) is 0 Å². The van der Waals surface area contributed by atoms with E-state index in [4.69, 9.17) is 0 Å². The van der Waals surface area contributed by atoms with Crippen molar-refractivity contribution < 1.29 is 8.78 Å². The Kier molecular flexibility index (Phi) is 5.34. The lowest BCUT2D eigenvalue weighted by atomic mass is 9.77. The van der Waals surface area contributed by atoms with Crippen LogP contribution in [0.25, 0.3) is 11.1 Å². The van der Waals surface area contributed by atoms with Crippen LogP contribution in [0.1, 0.15) is 87.0 Å². The van der Waals surface area contributed by atoms with Crippen molar-refractivity contribution in [3.8, 4) is 11.1 Å². The van der Waals surface area contributed by atoms with E-state index in [0.29, 0.717) is 23.5 Å². The largest absolute Gasteiger partial charge is 0.203 e. The van der Waals surface area contributed by atoms with Crippen LogP contribution in [0.3, 0.4) is 0 Å². The Labute approximate surface area is 162 Å². The fraction of sp³-hybridized carbons (Fsp3) is 0.520. The number of hydrogen-bond donors (Lipinski definition) is 0. The molecule has 2 aromatic rings. The fourth-order valence-electron chi connectivity index (χ4n) is 5.28. The molecule has 2 aliphatic carbocycles. The summed E-state index contributed by atoms with van der Waals surface area (Å²) in [5.74, 6) is 0.229. The number of rotatable bonds is 5. The van der Waals surface area contributed by atoms with Gasteiger partial charge in [-0.1, -0.05) is 57.4 Å². The molecule has 2 heteroatoms. The third-order valence-electron chi connectivity index (χ3n) is 6.68. The summed E-state index contributed by atoms with van der Waals surface area (Å²) in [6, 6.07) is 8.37. The van der Waals surface area contributed by atoms with Crippen LogP contribution in [0.4, 0.5) is 8.78 Å². The highest BCUT2D eigenvalue weighted by Gasteiger charge is 2.28. The second-order valence-corrected chi connectivity index (χ2v) is 8.55. The monoisotopic (exact) mass is 368 g/mol. The van der Waals surface area contributed by atoms with Gasteiger partial charge in [0.25, 0.3) is 0 Å². The highest BCUT2D eigenvalue weighted by atomic mass is 19.2. The van der Waals surface area contributed by atoms with E-state index in [1.54, 1.807) is 0 Å². The van der Waals surface area contributed by atoms with Gasteiger partial charge in [0.1, 0.15) is 0 Å². The zero-order chi connectivity index (χ0) is 19.0. The SMILES string of the molecule is CCCc1cc2c(c(F)c1F)-c1ccc(C3CCC(CCC)CC3)cc1C2. The summed E-state index contributed by atoms with van der Waals surface area (Å²) < 4.78 is 29.2. The standard InChI is InChI=1S/C25H30F2/c1-3-5-16-7-9-17(10-8-16)18-11-12-22-20(13-18)15-21-14-19(6-4-2)24(26)25(27)23(21)22/h11-14,16-17H,3-10,15H2,1-2H3. The van der Waals surface area contributed by atoms with Crippen molar-refractivity contribution in [3.63, 3.8) is 0 Å². The average molecular weight is 369 g/mol. The summed E-state index contributed by atoms with van der Waals surface area (Å²) in [7, 11) is 0. The van der Waals surface area contributed by atoms with E-state index in [1.807, 2.05) is 19.1 Å². The van der Waals surface area contributed by atoms with Gasteiger partial charge in [0, 0.05) is 5.56 Å². The third kappa shape index (κ3) is 3.44. The van der Waals surface area contributed by atoms with Crippen LogP contribution in [0, 0.1) is 17.6 Å². The first-order chi connectivity index (χ1) is 13.1. The molecule has 0 aliphatic heterocycles. The smallest absolute Gasteiger partial charge is 0.167 e. The molecule has 0 spiro atoms. The van der Waals surface area contributed by atoms with Crippen LogP contribution >= 0.6 is 0 Å². The zero-order valence-corrected chi connectivity index (χ0v) is 16.6. The van der Waals surface area contributed by atoms with Crippen LogP contribution < -0.4 is 0 Å². The van der Waals surface area contributed by atoms with E-state index in [1.165, 1.54) is 49.7 Å². The normalized spacial score (nSPS) is 21.2. The van der Waals surface area contributed by atoms with Crippen LogP contribution in [0.15, 0.2) is 24.3 Å². The van der Waals surface area contributed by atoms with Crippen LogP contribution in [-0.2, 0) is 12.8 Å². The molecule has 2 aliphatic rings. The molecule has 0 atom stereocenters. The van der Waals surface area contributed by atoms with Crippen molar-refractivity contribution in [2.24, 2.45) is 5.92 Å². The molecule has 0 aromatic heterocycles. The lowest BCUT2D eigenvalue weighted by Gasteiger charge is -2.29. The van der Waals surface area contributed by atoms with Gasteiger partial charge in [-0.2, -0.15) is 0 Å². The van der Waals surface area contributed by atoms with Gasteiger partial charge < -0.3 is 0 Å². The number of fused-ring (bicyclic) bond motifs is 3. The Balaban J connectivity index is 1.59. The molecule has 0 radical (unpaired) electrons. The van der Waals surface area contributed by atoms with Gasteiger partial charge in [-0.05, 0) is 78.2 Å². The molecule has 1 saturated carbocycles. The predicted octanol–water partition coefficient (Wildman–Crippen LogP) is 7.56. The molecule has 4 rings (SSSR count). The molecule has 27 heavy (non-hydrogen) atoms. The Bertz CT molecular complexity index is 829. The van der Waals surface area contributed by atoms with Crippen molar-refractivity contribution >= 4 is 0 Å². The van der Waals surface area contributed by atoms with Crippen molar-refractivity contribution in [1.29, 1.82) is 0 Å². The summed E-state index contributed by atoms with van der Waals surface area (Å²) in [6.07, 6.45) is 9.99. The van der Waals surface area contributed by atoms with E-state index < -0.39 is 11.6 Å². The Morgan fingerprint density at radius 1 is 0.889 bits per heavy atom. The molecule has 0 N–H and O–H groups in total. The van der Waals surface area contributed by atoms with Gasteiger partial charge >= 0.3 is 0 Å². The van der Waals surface area contributed by atoms with E-state index in [-0.39, 0.29) is 0 Å². The van der Waals surface area contributed by atoms with Gasteiger partial charge in [0.2, 0.25) is 0 Å². The van der Waals surface area contributed by atoms with Crippen LogP contribution in [0.2, 0.25) is 0 Å². The second-order valence-electron chi connectivity index (χ2n) is 8.55. The minimum atomic E-state index is -0.651. The molecular formula is C25H30F2. The third-order valence-corrected chi connectivity index (χ3v) is 6.68. The number of benzene rings is 2. The summed E-state index contributed by atoms with van der Waals surface area (Å²) >= 11 is 0. The van der Waals surface area contributed by atoms with Crippen LogP contribution in [-0.4, -0.2) is 0 Å². The first kappa shape index (κ1) is 18.7. The Hall–Kier alpha value is -1.70. The zero-order valence-electron chi connectivity index (χ0n) is 16.6. The molecule has 0 saturated heterocycles. The Morgan fingerprint density at radius 3 is 2.37 bits per heavy atom. The van der Waals surface area contributed by atoms with Gasteiger partial charge in [0.05, 0.1) is 0 Å². The van der Waals surface area contributed by atoms with E-state index in [9.17, 15) is 8.78 Å². The first-order valence-electron chi connectivity index (χ1n) is 10.7. The van der Waals surface area contributed by atoms with E-state index in [2.05, 4.69) is 19.1 Å². The molecule has 144 valence electrons. The average Bonchev–Trinajstić information content (AvgIpc) is 3.04. The molecule has 0 unspecified atom stereocenters. The predicted molar refractivity (Wildman–Crippen MR) is 108 cm³/mol. The maximum atomic E-state index is 14.8. The van der Waals surface area contributed by atoms with E-state index >= 15 is 0 Å². The minimum Gasteiger partial charge on any atom is -0.203 e. The van der Waals surface area contributed by atoms with Gasteiger partial charge in [-0.25, -0.2) is 8.78 Å². The highest BCUT2D eigenvalue weighted by Crippen LogP contribution is 2.43. The highest BCUT2D eigenvalue weighted by molar-refractivity contribution is 5.78. The number of aryl methyl sites for hydroxylation is 1. The number of hydrogen-bond acceptors (Lipinski definition) is 0. The van der Waals surface area contributed by atoms with Crippen molar-refractivity contribution in [2.45, 2.75) is 77.6 Å². The topological polar surface area (TPSA) is 0 Å². The Morgan fingerprint density at radius 2 is 1.67 bits per heavy atom. The molecule has 0 heterocycles. The first-order valence-corrected chi connectivity index (χ1v) is 10.7. The molecule has 0 nitrogen and oxygen atoms in total. The van der Waals surface area contributed by atoms with Gasteiger partial charge in [0.15, 0.2) is 11.6 Å². The summed E-state index contributed by atoms with van der Waals surface area (Å²) in [6.45, 7) is 4.28. The fourth-order valence-corrected chi connectivity index (χ4v) is 5.28. The summed E-state index contributed by atoms with van der Waals surface area (Å²) in [5.41, 5.74) is 5.44. The molecular weight excluding hydrogens is 338 g/mol. The van der Waals surface area contributed by atoms with Crippen molar-refractivity contribution in [3.05, 3.63) is 58.2 Å². The van der Waals surface area contributed by atoms with Gasteiger partial charge in [-0.3, -0.25) is 0 Å². The van der Waals surface area contributed by atoms with Crippen molar-refractivity contribution in [2.75, 3.05) is 0 Å². The quantitative estimate of drug-likeness (QED) is 0.436. The lowest BCUT2D eigenvalue weighted by Crippen LogP contribution is -2.13. The summed E-state index contributed by atoms with van der Waals surface area (Å²) in [5, 5.41) is 0. The number of halogens is 2. The second kappa shape index (κ2) is 7.73. The molecule has 1 fully saturated rings.